The van der Waals surface area contributed by atoms with Gasteiger partial charge >= 0.3 is 24.4 Å². The summed E-state index contributed by atoms with van der Waals surface area (Å²) in [6, 6.07) is 11.8. The van der Waals surface area contributed by atoms with Gasteiger partial charge in [-0.15, -0.1) is 13.2 Å². The minimum atomic E-state index is -4.89. The van der Waals surface area contributed by atoms with Gasteiger partial charge in [0.1, 0.15) is 29.7 Å². The number of halogens is 4. The first-order valence-electron chi connectivity index (χ1n) is 12.7. The molecule has 0 aliphatic heterocycles. The zero-order valence-electron chi connectivity index (χ0n) is 23.8. The summed E-state index contributed by atoms with van der Waals surface area (Å²) in [4.78, 5) is 40.0. The Balaban J connectivity index is 2.30. The Morgan fingerprint density at radius 3 is 1.93 bits per heavy atom. The van der Waals surface area contributed by atoms with Gasteiger partial charge in [-0.25, -0.2) is 18.8 Å². The molecule has 0 saturated heterocycles. The Kier molecular flexibility index (Phi) is 11.1. The topological polar surface area (TPSA) is 91.4 Å². The van der Waals surface area contributed by atoms with Gasteiger partial charge in [-0.3, -0.25) is 4.90 Å². The number of carbonyl (C=O) groups excluding carboxylic acids is 3. The molecule has 0 saturated carbocycles. The predicted molar refractivity (Wildman–Crippen MR) is 141 cm³/mol. The van der Waals surface area contributed by atoms with Gasteiger partial charge < -0.3 is 18.9 Å². The molecule has 0 aromatic heterocycles. The molecule has 226 valence electrons. The van der Waals surface area contributed by atoms with E-state index in [1.807, 2.05) is 0 Å². The van der Waals surface area contributed by atoms with Crippen LogP contribution in [-0.4, -0.2) is 59.8 Å². The number of ether oxygens (including phenoxy) is 4. The number of carbonyl (C=O) groups is 3. The summed E-state index contributed by atoms with van der Waals surface area (Å²) in [5, 5.41) is 0. The van der Waals surface area contributed by atoms with Crippen LogP contribution in [0, 0.1) is 0 Å². The van der Waals surface area contributed by atoms with Crippen molar-refractivity contribution in [1.29, 1.82) is 0 Å². The van der Waals surface area contributed by atoms with E-state index in [4.69, 9.17) is 14.2 Å². The highest BCUT2D eigenvalue weighted by Crippen LogP contribution is 2.25. The number of hydrogen-bond acceptors (Lipinski definition) is 7. The van der Waals surface area contributed by atoms with E-state index in [0.29, 0.717) is 11.1 Å². The van der Waals surface area contributed by atoms with Crippen molar-refractivity contribution in [2.24, 2.45) is 0 Å². The third-order valence-corrected chi connectivity index (χ3v) is 5.42. The van der Waals surface area contributed by atoms with Crippen LogP contribution in [0.4, 0.5) is 22.4 Å². The molecule has 2 aromatic carbocycles. The van der Waals surface area contributed by atoms with Gasteiger partial charge in [-0.1, -0.05) is 42.5 Å². The lowest BCUT2D eigenvalue weighted by Crippen LogP contribution is -2.49. The third kappa shape index (κ3) is 12.5. The molecule has 0 aliphatic carbocycles. The van der Waals surface area contributed by atoms with E-state index >= 15 is 0 Å². The molecule has 0 spiro atoms. The van der Waals surface area contributed by atoms with Crippen LogP contribution in [0.1, 0.15) is 52.2 Å². The van der Waals surface area contributed by atoms with E-state index in [0.717, 1.165) is 17.0 Å². The van der Waals surface area contributed by atoms with E-state index < -0.39 is 60.0 Å². The summed E-state index contributed by atoms with van der Waals surface area (Å²) in [5.74, 6) is -2.52. The molecular formula is C29H35F4NO7. The van der Waals surface area contributed by atoms with Crippen LogP contribution in [0.15, 0.2) is 54.6 Å². The summed E-state index contributed by atoms with van der Waals surface area (Å²) >= 11 is 0. The lowest BCUT2D eigenvalue weighted by Gasteiger charge is -2.32. The smallest absolute Gasteiger partial charge is 0.458 e. The molecule has 0 N–H and O–H groups in total. The Morgan fingerprint density at radius 2 is 1.41 bits per heavy atom. The standard InChI is InChI=1S/C29H35F4NO7/c1-27(2,3)41-26(37)34(6)22(17-28(4,5)30)24(35)39-23(25(36)38-18-20-10-8-7-9-11-20)16-19-12-14-21(15-13-19)40-29(31,32)33/h7-15,22-23H,16-18H2,1-6H3/t22-,23?/m0/s1. The first-order valence-corrected chi connectivity index (χ1v) is 12.7. The van der Waals surface area contributed by atoms with Gasteiger partial charge in [0.15, 0.2) is 0 Å². The van der Waals surface area contributed by atoms with E-state index in [2.05, 4.69) is 4.74 Å². The maximum atomic E-state index is 14.7. The molecule has 8 nitrogen and oxygen atoms in total. The Morgan fingerprint density at radius 1 is 0.829 bits per heavy atom. The van der Waals surface area contributed by atoms with Crippen LogP contribution in [0.3, 0.4) is 0 Å². The van der Waals surface area contributed by atoms with Crippen molar-refractivity contribution in [2.45, 2.75) is 83.8 Å². The Labute approximate surface area is 236 Å². The average Bonchev–Trinajstić information content (AvgIpc) is 2.84. The molecule has 41 heavy (non-hydrogen) atoms. The zero-order valence-corrected chi connectivity index (χ0v) is 23.8. The number of amides is 1. The highest BCUT2D eigenvalue weighted by molar-refractivity contribution is 5.85. The molecule has 0 fully saturated rings. The second kappa shape index (κ2) is 13.7. The van der Waals surface area contributed by atoms with Crippen LogP contribution in [0.25, 0.3) is 0 Å². The minimum absolute atomic E-state index is 0.148. The van der Waals surface area contributed by atoms with Crippen LogP contribution in [-0.2, 0) is 36.8 Å². The van der Waals surface area contributed by atoms with E-state index in [1.165, 1.54) is 33.0 Å². The van der Waals surface area contributed by atoms with Crippen LogP contribution < -0.4 is 4.74 Å². The molecule has 2 aromatic rings. The van der Waals surface area contributed by atoms with Crippen molar-refractivity contribution in [1.82, 2.24) is 4.90 Å². The molecule has 1 unspecified atom stereocenters. The van der Waals surface area contributed by atoms with Gasteiger partial charge in [0.2, 0.25) is 6.10 Å². The van der Waals surface area contributed by atoms with Crippen LogP contribution in [0.5, 0.6) is 5.75 Å². The largest absolute Gasteiger partial charge is 0.573 e. The van der Waals surface area contributed by atoms with Crippen molar-refractivity contribution in [2.75, 3.05) is 7.05 Å². The predicted octanol–water partition coefficient (Wildman–Crippen LogP) is 6.16. The number of hydrogen-bond donors (Lipinski definition) is 0. The van der Waals surface area contributed by atoms with Gasteiger partial charge in [0, 0.05) is 19.9 Å². The fourth-order valence-corrected chi connectivity index (χ4v) is 3.55. The Hall–Kier alpha value is -3.83. The Bertz CT molecular complexity index is 1160. The summed E-state index contributed by atoms with van der Waals surface area (Å²) in [7, 11) is 1.24. The van der Waals surface area contributed by atoms with Gasteiger partial charge in [0.25, 0.3) is 0 Å². The molecule has 2 rings (SSSR count). The van der Waals surface area contributed by atoms with Crippen molar-refractivity contribution < 1.29 is 50.9 Å². The number of likely N-dealkylation sites (N-methyl/N-ethyl adjacent to an activating group) is 1. The maximum absolute atomic E-state index is 14.7. The summed E-state index contributed by atoms with van der Waals surface area (Å²) in [6.07, 6.45) is -8.13. The second-order valence-electron chi connectivity index (χ2n) is 10.9. The van der Waals surface area contributed by atoms with Crippen LogP contribution in [0.2, 0.25) is 0 Å². The third-order valence-electron chi connectivity index (χ3n) is 5.42. The quantitative estimate of drug-likeness (QED) is 0.177. The summed E-state index contributed by atoms with van der Waals surface area (Å²) in [5.41, 5.74) is -1.85. The molecule has 0 heterocycles. The van der Waals surface area contributed by atoms with E-state index in [-0.39, 0.29) is 13.0 Å². The molecule has 0 bridgehead atoms. The van der Waals surface area contributed by atoms with Gasteiger partial charge in [-0.2, -0.15) is 0 Å². The van der Waals surface area contributed by atoms with E-state index in [9.17, 15) is 31.9 Å². The summed E-state index contributed by atoms with van der Waals surface area (Å²) in [6.45, 7) is 7.14. The van der Waals surface area contributed by atoms with Crippen LogP contribution >= 0.6 is 0 Å². The first kappa shape index (κ1) is 33.4. The van der Waals surface area contributed by atoms with Crippen molar-refractivity contribution in [3.8, 4) is 5.75 Å². The van der Waals surface area contributed by atoms with Gasteiger partial charge in [-0.05, 0) is 57.9 Å². The molecule has 0 aliphatic rings. The lowest BCUT2D eigenvalue weighted by molar-refractivity contribution is -0.274. The van der Waals surface area contributed by atoms with Crippen molar-refractivity contribution in [3.05, 3.63) is 65.7 Å². The van der Waals surface area contributed by atoms with Gasteiger partial charge in [0.05, 0.1) is 0 Å². The number of nitrogens with zero attached hydrogens (tertiary/aromatic N) is 1. The number of alkyl halides is 4. The fraction of sp³-hybridized carbons (Fsp3) is 0.483. The minimum Gasteiger partial charge on any atom is -0.458 e. The van der Waals surface area contributed by atoms with Crippen molar-refractivity contribution in [3.63, 3.8) is 0 Å². The number of benzene rings is 2. The lowest BCUT2D eigenvalue weighted by atomic mass is 10.00. The second-order valence-corrected chi connectivity index (χ2v) is 10.9. The number of esters is 2. The fourth-order valence-electron chi connectivity index (χ4n) is 3.55. The zero-order chi connectivity index (χ0) is 31.0. The molecule has 0 radical (unpaired) electrons. The first-order chi connectivity index (χ1) is 18.8. The molecule has 1 amide bonds. The summed E-state index contributed by atoms with van der Waals surface area (Å²) < 4.78 is 72.3. The molecule has 2 atom stereocenters. The average molecular weight is 586 g/mol. The SMILES string of the molecule is CN(C(=O)OC(C)(C)C)[C@@H](CC(C)(C)F)C(=O)OC(Cc1ccc(OC(F)(F)F)cc1)C(=O)OCc1ccccc1. The molecular weight excluding hydrogens is 550 g/mol. The molecule has 12 heteroatoms. The maximum Gasteiger partial charge on any atom is 0.573 e. The van der Waals surface area contributed by atoms with E-state index in [1.54, 1.807) is 51.1 Å². The van der Waals surface area contributed by atoms with Crippen molar-refractivity contribution >= 4 is 18.0 Å². The number of rotatable bonds is 11. The highest BCUT2D eigenvalue weighted by Gasteiger charge is 2.38. The normalized spacial score (nSPS) is 13.5. The monoisotopic (exact) mass is 585 g/mol. The highest BCUT2D eigenvalue weighted by atomic mass is 19.4.